The van der Waals surface area contributed by atoms with E-state index in [9.17, 15) is 5.11 Å². The van der Waals surface area contributed by atoms with Gasteiger partial charge in [-0.2, -0.15) is 0 Å². The van der Waals surface area contributed by atoms with Crippen molar-refractivity contribution in [1.29, 1.82) is 0 Å². The molecule has 1 aromatic carbocycles. The van der Waals surface area contributed by atoms with Gasteiger partial charge in [-0.05, 0) is 35.8 Å². The van der Waals surface area contributed by atoms with E-state index in [1.165, 1.54) is 18.4 Å². The van der Waals surface area contributed by atoms with E-state index in [2.05, 4.69) is 18.2 Å². The average Bonchev–Trinajstić information content (AvgIpc) is 2.96. The Morgan fingerprint density at radius 1 is 1.29 bits per heavy atom. The van der Waals surface area contributed by atoms with Crippen molar-refractivity contribution >= 4 is 0 Å². The number of benzene rings is 1. The van der Waals surface area contributed by atoms with Crippen LogP contribution >= 0.6 is 0 Å². The maximum atomic E-state index is 9.88. The summed E-state index contributed by atoms with van der Waals surface area (Å²) in [5.41, 5.74) is 8.82. The van der Waals surface area contributed by atoms with E-state index >= 15 is 0 Å². The lowest BCUT2D eigenvalue weighted by Gasteiger charge is -2.33. The number of rotatable bonds is 0. The molecule has 0 heterocycles. The Balaban J connectivity index is 2.16. The zero-order valence-corrected chi connectivity index (χ0v) is 8.11. The van der Waals surface area contributed by atoms with Crippen LogP contribution in [0.25, 0.3) is 0 Å². The number of aliphatic hydroxyl groups is 1. The van der Waals surface area contributed by atoms with Crippen LogP contribution in [0.5, 0.6) is 0 Å². The van der Waals surface area contributed by atoms with Crippen LogP contribution in [0.3, 0.4) is 0 Å². The molecule has 0 aliphatic heterocycles. The summed E-state index contributed by atoms with van der Waals surface area (Å²) in [5.74, 6) is 0. The number of hydrogen-bond donors (Lipinski definition) is 2. The first-order valence-corrected chi connectivity index (χ1v) is 5.26. The van der Waals surface area contributed by atoms with Gasteiger partial charge in [0.05, 0.1) is 12.1 Å². The molecule has 0 amide bonds. The van der Waals surface area contributed by atoms with Crippen molar-refractivity contribution in [3.8, 4) is 0 Å². The lowest BCUT2D eigenvalue weighted by molar-refractivity contribution is 0.112. The molecule has 74 valence electrons. The highest BCUT2D eigenvalue weighted by Crippen LogP contribution is 2.56. The lowest BCUT2D eigenvalue weighted by atomic mass is 9.76. The predicted octanol–water partition coefficient (Wildman–Crippen LogP) is 1.48. The maximum absolute atomic E-state index is 9.88. The van der Waals surface area contributed by atoms with E-state index in [0.717, 1.165) is 12.0 Å². The molecule has 1 saturated carbocycles. The summed E-state index contributed by atoms with van der Waals surface area (Å²) in [6.07, 6.45) is 2.93. The molecule has 2 heteroatoms. The smallest absolute Gasteiger partial charge is 0.0741 e. The van der Waals surface area contributed by atoms with Gasteiger partial charge in [0, 0.05) is 0 Å². The Kier molecular flexibility index (Phi) is 1.56. The minimum absolute atomic E-state index is 0.183. The summed E-state index contributed by atoms with van der Waals surface area (Å²) in [7, 11) is 0. The molecule has 1 fully saturated rings. The summed E-state index contributed by atoms with van der Waals surface area (Å²) in [6.45, 7) is 0. The number of fused-ring (bicyclic) bond motifs is 2. The maximum Gasteiger partial charge on any atom is 0.0741 e. The zero-order chi connectivity index (χ0) is 9.76. The van der Waals surface area contributed by atoms with E-state index in [4.69, 9.17) is 5.73 Å². The highest BCUT2D eigenvalue weighted by molar-refractivity contribution is 5.43. The van der Waals surface area contributed by atoms with E-state index in [-0.39, 0.29) is 17.6 Å². The minimum Gasteiger partial charge on any atom is -0.391 e. The van der Waals surface area contributed by atoms with Crippen LogP contribution in [0.2, 0.25) is 0 Å². The molecule has 2 aliphatic carbocycles. The van der Waals surface area contributed by atoms with Crippen LogP contribution in [-0.2, 0) is 5.41 Å². The topological polar surface area (TPSA) is 46.2 Å². The molecule has 2 unspecified atom stereocenters. The Bertz CT molecular complexity index is 370. The Morgan fingerprint density at radius 2 is 2.00 bits per heavy atom. The largest absolute Gasteiger partial charge is 0.391 e. The van der Waals surface area contributed by atoms with Crippen molar-refractivity contribution in [3.63, 3.8) is 0 Å². The van der Waals surface area contributed by atoms with Crippen LogP contribution in [0.1, 0.15) is 36.4 Å². The Labute approximate surface area is 83.7 Å². The molecule has 2 nitrogen and oxygen atoms in total. The molecule has 0 aromatic heterocycles. The quantitative estimate of drug-likeness (QED) is 0.649. The van der Waals surface area contributed by atoms with Gasteiger partial charge in [0.1, 0.15) is 0 Å². The SMILES string of the molecule is NC1c2ccccc2C2(CC2)CC1O. The first kappa shape index (κ1) is 8.45. The van der Waals surface area contributed by atoms with Gasteiger partial charge in [-0.25, -0.2) is 0 Å². The van der Waals surface area contributed by atoms with Gasteiger partial charge in [0.25, 0.3) is 0 Å². The van der Waals surface area contributed by atoms with Gasteiger partial charge in [-0.1, -0.05) is 24.3 Å². The molecule has 0 radical (unpaired) electrons. The molecule has 0 bridgehead atoms. The number of hydrogen-bond acceptors (Lipinski definition) is 2. The van der Waals surface area contributed by atoms with Gasteiger partial charge in [0.2, 0.25) is 0 Å². The first-order chi connectivity index (χ1) is 6.73. The second-order valence-corrected chi connectivity index (χ2v) is 4.66. The van der Waals surface area contributed by atoms with Crippen LogP contribution in [-0.4, -0.2) is 11.2 Å². The minimum atomic E-state index is -0.354. The monoisotopic (exact) mass is 189 g/mol. The summed E-state index contributed by atoms with van der Waals surface area (Å²) in [4.78, 5) is 0. The van der Waals surface area contributed by atoms with E-state index in [1.54, 1.807) is 0 Å². The van der Waals surface area contributed by atoms with Crippen LogP contribution < -0.4 is 5.73 Å². The highest BCUT2D eigenvalue weighted by Gasteiger charge is 2.50. The third kappa shape index (κ3) is 0.983. The van der Waals surface area contributed by atoms with Crippen molar-refractivity contribution in [2.24, 2.45) is 5.73 Å². The van der Waals surface area contributed by atoms with Crippen molar-refractivity contribution in [1.82, 2.24) is 0 Å². The van der Waals surface area contributed by atoms with Gasteiger partial charge in [-0.3, -0.25) is 0 Å². The normalized spacial score (nSPS) is 32.7. The van der Waals surface area contributed by atoms with Crippen molar-refractivity contribution in [3.05, 3.63) is 35.4 Å². The summed E-state index contributed by atoms with van der Waals surface area (Å²) < 4.78 is 0. The van der Waals surface area contributed by atoms with Gasteiger partial charge in [-0.15, -0.1) is 0 Å². The van der Waals surface area contributed by atoms with Gasteiger partial charge in [0.15, 0.2) is 0 Å². The summed E-state index contributed by atoms with van der Waals surface area (Å²) in [6, 6.07) is 8.13. The molecule has 14 heavy (non-hydrogen) atoms. The number of nitrogens with two attached hydrogens (primary N) is 1. The highest BCUT2D eigenvalue weighted by atomic mass is 16.3. The fourth-order valence-corrected chi connectivity index (χ4v) is 2.74. The third-order valence-electron chi connectivity index (χ3n) is 3.76. The van der Waals surface area contributed by atoms with Crippen LogP contribution in [0, 0.1) is 0 Å². The van der Waals surface area contributed by atoms with Gasteiger partial charge < -0.3 is 10.8 Å². The van der Waals surface area contributed by atoms with Crippen LogP contribution in [0.15, 0.2) is 24.3 Å². The Hall–Kier alpha value is -0.860. The number of aliphatic hydroxyl groups excluding tert-OH is 1. The lowest BCUT2D eigenvalue weighted by Crippen LogP contribution is -2.36. The van der Waals surface area contributed by atoms with E-state index in [1.807, 2.05) is 6.07 Å². The second-order valence-electron chi connectivity index (χ2n) is 4.66. The van der Waals surface area contributed by atoms with E-state index < -0.39 is 0 Å². The Morgan fingerprint density at radius 3 is 2.71 bits per heavy atom. The summed E-state index contributed by atoms with van der Waals surface area (Å²) in [5, 5.41) is 9.88. The molecular formula is C12H15NO. The van der Waals surface area contributed by atoms with Crippen molar-refractivity contribution < 1.29 is 5.11 Å². The van der Waals surface area contributed by atoms with E-state index in [0.29, 0.717) is 0 Å². The fourth-order valence-electron chi connectivity index (χ4n) is 2.74. The second kappa shape index (κ2) is 2.59. The van der Waals surface area contributed by atoms with Crippen molar-refractivity contribution in [2.45, 2.75) is 36.8 Å². The first-order valence-electron chi connectivity index (χ1n) is 5.26. The molecule has 3 N–H and O–H groups in total. The standard InChI is InChI=1S/C12H15NO/c13-11-8-3-1-2-4-9(8)12(5-6-12)7-10(11)14/h1-4,10-11,14H,5-7,13H2. The van der Waals surface area contributed by atoms with Crippen molar-refractivity contribution in [2.75, 3.05) is 0 Å². The molecule has 0 saturated heterocycles. The van der Waals surface area contributed by atoms with Gasteiger partial charge >= 0.3 is 0 Å². The molecule has 2 atom stereocenters. The van der Waals surface area contributed by atoms with Crippen LogP contribution in [0.4, 0.5) is 0 Å². The molecule has 1 spiro atoms. The third-order valence-corrected chi connectivity index (χ3v) is 3.76. The average molecular weight is 189 g/mol. The fraction of sp³-hybridized carbons (Fsp3) is 0.500. The molecule has 3 rings (SSSR count). The zero-order valence-electron chi connectivity index (χ0n) is 8.11. The molecule has 2 aliphatic rings. The predicted molar refractivity (Wildman–Crippen MR) is 54.9 cm³/mol. The molecule has 1 aromatic rings. The molecular weight excluding hydrogens is 174 g/mol. The summed E-state index contributed by atoms with van der Waals surface area (Å²) >= 11 is 0.